The monoisotopic (exact) mass is 936 g/mol. The first-order valence-corrected chi connectivity index (χ1v) is 27.5. The molecule has 1 aliphatic heterocycles. The topological polar surface area (TPSA) is 212 Å². The van der Waals surface area contributed by atoms with E-state index in [0.717, 1.165) is 51.4 Å². The van der Waals surface area contributed by atoms with E-state index in [9.17, 15) is 43.3 Å². The third kappa shape index (κ3) is 32.5. The van der Waals surface area contributed by atoms with Crippen molar-refractivity contribution in [3.05, 3.63) is 12.2 Å². The lowest BCUT2D eigenvalue weighted by Crippen LogP contribution is -2.61. The number of aliphatic hydroxyl groups excluding tert-OH is 5. The average molecular weight is 936 g/mol. The highest BCUT2D eigenvalue weighted by Crippen LogP contribution is 2.26. The number of nitrogens with one attached hydrogen (secondary N) is 1. The Morgan fingerprint density at radius 3 is 1.41 bits per heavy atom. The van der Waals surface area contributed by atoms with Crippen molar-refractivity contribution in [3.8, 4) is 0 Å². The van der Waals surface area contributed by atoms with Gasteiger partial charge in [0.15, 0.2) is 6.29 Å². The third-order valence-corrected chi connectivity index (χ3v) is 13.1. The number of aliphatic hydroxyl groups is 5. The summed E-state index contributed by atoms with van der Waals surface area (Å²) in [4.78, 5) is 13.2. The van der Waals surface area contributed by atoms with Gasteiger partial charge in [-0.3, -0.25) is 9.35 Å². The van der Waals surface area contributed by atoms with Gasteiger partial charge in [-0.1, -0.05) is 212 Å². The van der Waals surface area contributed by atoms with E-state index in [4.69, 9.17) is 9.47 Å². The number of carbonyl (C=O) groups is 1. The van der Waals surface area contributed by atoms with E-state index in [2.05, 4.69) is 35.5 Å². The van der Waals surface area contributed by atoms with Crippen molar-refractivity contribution >= 4 is 16.3 Å². The van der Waals surface area contributed by atoms with Gasteiger partial charge in [0, 0.05) is 0 Å². The predicted molar refractivity (Wildman–Crippen MR) is 256 cm³/mol. The Kier molecular flexibility index (Phi) is 38.8. The highest BCUT2D eigenvalue weighted by Gasteiger charge is 2.48. The summed E-state index contributed by atoms with van der Waals surface area (Å²) in [5.74, 6) is -0.675. The number of ether oxygens (including phenoxy) is 2. The smallest absolute Gasteiger partial charge is 0.394 e. The molecule has 0 aromatic heterocycles. The fourth-order valence-corrected chi connectivity index (χ4v) is 9.03. The molecule has 1 saturated heterocycles. The molecule has 7 N–H and O–H groups in total. The van der Waals surface area contributed by atoms with Gasteiger partial charge in [0.25, 0.3) is 0 Å². The van der Waals surface area contributed by atoms with Crippen LogP contribution in [0.5, 0.6) is 0 Å². The van der Waals surface area contributed by atoms with Crippen LogP contribution in [0.25, 0.3) is 0 Å². The van der Waals surface area contributed by atoms with Crippen LogP contribution < -0.4 is 5.32 Å². The molecule has 0 radical (unpaired) electrons. The predicted octanol–water partition coefficient (Wildman–Crippen LogP) is 10.1. The lowest BCUT2D eigenvalue weighted by molar-refractivity contribution is -0.298. The van der Waals surface area contributed by atoms with Crippen LogP contribution in [0.4, 0.5) is 0 Å². The minimum absolute atomic E-state index is 0.248. The van der Waals surface area contributed by atoms with E-state index in [1.807, 2.05) is 0 Å². The van der Waals surface area contributed by atoms with E-state index in [1.165, 1.54) is 148 Å². The van der Waals surface area contributed by atoms with E-state index in [1.54, 1.807) is 0 Å². The Bertz CT molecular complexity index is 1210. The normalized spacial score (nSPS) is 20.8. The van der Waals surface area contributed by atoms with Crippen LogP contribution in [0.15, 0.2) is 12.2 Å². The number of amides is 1. The van der Waals surface area contributed by atoms with Crippen LogP contribution in [-0.4, -0.2) is 107 Å². The first kappa shape index (κ1) is 60.8. The SMILES string of the molecule is CCCCCCCCCCC/C=C\CCCCCCC(O)C(=O)NC(COC1OC(CO)C(O)C(OS(=O)(=O)O)C1O)C(O)CCCCCCCCCCCCCCCCCCCC. The second-order valence-electron chi connectivity index (χ2n) is 18.6. The standard InChI is InChI=1S/C50H97NO12S/c1-3-5-7-9-11-13-15-17-19-21-23-24-26-28-30-32-34-36-38-43(53)42(41-61-50-47(56)48(63-64(58,59)60)46(55)45(40-52)62-50)51-49(57)44(54)39-37-35-33-31-29-27-25-22-20-18-16-14-12-10-8-6-4-2/h25,27,42-48,50,52-56H,3-24,26,28-41H2,1-2H3,(H,51,57)(H,58,59,60)/b27-25-. The van der Waals surface area contributed by atoms with Crippen molar-refractivity contribution < 1.29 is 57.0 Å². The molecule has 13 nitrogen and oxygen atoms in total. The molecule has 1 fully saturated rings. The van der Waals surface area contributed by atoms with Gasteiger partial charge in [0.1, 0.15) is 30.5 Å². The van der Waals surface area contributed by atoms with Gasteiger partial charge in [0.05, 0.1) is 25.4 Å². The van der Waals surface area contributed by atoms with Gasteiger partial charge in [-0.05, 0) is 38.5 Å². The Labute approximate surface area is 390 Å². The second kappa shape index (κ2) is 40.8. The molecule has 14 heteroatoms. The number of rotatable bonds is 45. The molecule has 1 amide bonds. The maximum atomic E-state index is 13.2. The highest BCUT2D eigenvalue weighted by molar-refractivity contribution is 7.80. The molecular weight excluding hydrogens is 839 g/mol. The Hall–Kier alpha value is -1.20. The maximum Gasteiger partial charge on any atom is 0.397 e. The molecule has 64 heavy (non-hydrogen) atoms. The molecule has 1 aliphatic rings. The molecule has 1 rings (SSSR count). The first-order chi connectivity index (χ1) is 30.9. The van der Waals surface area contributed by atoms with Gasteiger partial charge in [-0.2, -0.15) is 8.42 Å². The quantitative estimate of drug-likeness (QED) is 0.0173. The summed E-state index contributed by atoms with van der Waals surface area (Å²) >= 11 is 0. The molecule has 0 spiro atoms. The van der Waals surface area contributed by atoms with Gasteiger partial charge >= 0.3 is 10.4 Å². The van der Waals surface area contributed by atoms with Crippen LogP contribution in [-0.2, 0) is 28.9 Å². The fraction of sp³-hybridized carbons (Fsp3) is 0.940. The number of hydrogen-bond acceptors (Lipinski definition) is 11. The number of allylic oxidation sites excluding steroid dienone is 2. The molecule has 0 aliphatic carbocycles. The molecule has 0 aromatic rings. The van der Waals surface area contributed by atoms with Crippen LogP contribution in [0.3, 0.4) is 0 Å². The number of carbonyl (C=O) groups excluding carboxylic acids is 1. The number of unbranched alkanes of at least 4 members (excludes halogenated alkanes) is 30. The third-order valence-electron chi connectivity index (χ3n) is 12.7. The lowest BCUT2D eigenvalue weighted by atomic mass is 9.99. The fourth-order valence-electron chi connectivity index (χ4n) is 8.52. The Morgan fingerprint density at radius 1 is 0.609 bits per heavy atom. The largest absolute Gasteiger partial charge is 0.397 e. The van der Waals surface area contributed by atoms with Crippen LogP contribution in [0.2, 0.25) is 0 Å². The van der Waals surface area contributed by atoms with Crippen molar-refractivity contribution in [2.45, 2.75) is 288 Å². The summed E-state index contributed by atoms with van der Waals surface area (Å²) in [7, 11) is -5.11. The van der Waals surface area contributed by atoms with Gasteiger partial charge in [-0.15, -0.1) is 0 Å². The number of hydrogen-bond donors (Lipinski definition) is 7. The summed E-state index contributed by atoms with van der Waals surface area (Å²) in [6.45, 7) is 3.30. The van der Waals surface area contributed by atoms with Crippen LogP contribution in [0.1, 0.15) is 239 Å². The zero-order chi connectivity index (χ0) is 47.1. The lowest BCUT2D eigenvalue weighted by Gasteiger charge is -2.41. The molecule has 380 valence electrons. The summed E-state index contributed by atoms with van der Waals surface area (Å²) in [6, 6.07) is -1.04. The first-order valence-electron chi connectivity index (χ1n) is 26.2. The van der Waals surface area contributed by atoms with Crippen LogP contribution >= 0.6 is 0 Å². The average Bonchev–Trinajstić information content (AvgIpc) is 3.27. The summed E-state index contributed by atoms with van der Waals surface area (Å²) in [5.41, 5.74) is 0. The van der Waals surface area contributed by atoms with Crippen molar-refractivity contribution in [2.24, 2.45) is 0 Å². The Morgan fingerprint density at radius 2 is 1.00 bits per heavy atom. The zero-order valence-corrected chi connectivity index (χ0v) is 41.3. The minimum atomic E-state index is -5.11. The summed E-state index contributed by atoms with van der Waals surface area (Å²) in [6.07, 6.45) is 33.9. The van der Waals surface area contributed by atoms with E-state index in [-0.39, 0.29) is 6.42 Å². The molecule has 0 saturated carbocycles. The van der Waals surface area contributed by atoms with E-state index in [0.29, 0.717) is 19.3 Å². The van der Waals surface area contributed by atoms with Crippen LogP contribution in [0, 0.1) is 0 Å². The molecule has 8 unspecified atom stereocenters. The Balaban J connectivity index is 2.49. The molecular formula is C50H97NO12S. The summed E-state index contributed by atoms with van der Waals surface area (Å²) < 4.78 is 47.7. The highest BCUT2D eigenvalue weighted by atomic mass is 32.3. The van der Waals surface area contributed by atoms with Crippen molar-refractivity contribution in [3.63, 3.8) is 0 Å². The van der Waals surface area contributed by atoms with E-state index < -0.39 is 78.5 Å². The molecule has 0 bridgehead atoms. The van der Waals surface area contributed by atoms with Gasteiger partial charge in [-0.25, -0.2) is 4.18 Å². The molecule has 0 aromatic carbocycles. The second-order valence-corrected chi connectivity index (χ2v) is 19.7. The zero-order valence-electron chi connectivity index (χ0n) is 40.5. The van der Waals surface area contributed by atoms with Gasteiger partial charge < -0.3 is 40.3 Å². The van der Waals surface area contributed by atoms with Crippen molar-refractivity contribution in [2.75, 3.05) is 13.2 Å². The summed E-state index contributed by atoms with van der Waals surface area (Å²) in [5, 5.41) is 55.5. The minimum Gasteiger partial charge on any atom is -0.394 e. The van der Waals surface area contributed by atoms with Crippen molar-refractivity contribution in [1.82, 2.24) is 5.32 Å². The van der Waals surface area contributed by atoms with Gasteiger partial charge in [0.2, 0.25) is 5.91 Å². The van der Waals surface area contributed by atoms with E-state index >= 15 is 0 Å². The van der Waals surface area contributed by atoms with Crippen molar-refractivity contribution in [1.29, 1.82) is 0 Å². The molecule has 1 heterocycles. The molecule has 8 atom stereocenters. The maximum absolute atomic E-state index is 13.2.